The van der Waals surface area contributed by atoms with Gasteiger partial charge in [-0.2, -0.15) is 0 Å². The molecule has 1 aromatic carbocycles. The van der Waals surface area contributed by atoms with E-state index < -0.39 is 5.41 Å². The Morgan fingerprint density at radius 1 is 1.10 bits per heavy atom. The van der Waals surface area contributed by atoms with E-state index in [1.165, 1.54) is 0 Å². The number of amides is 1. The van der Waals surface area contributed by atoms with Crippen LogP contribution in [0.5, 0.6) is 0 Å². The van der Waals surface area contributed by atoms with E-state index in [2.05, 4.69) is 4.98 Å². The highest BCUT2D eigenvalue weighted by molar-refractivity contribution is 5.96. The monoisotopic (exact) mass is 268 g/mol. The fourth-order valence-electron chi connectivity index (χ4n) is 1.97. The summed E-state index contributed by atoms with van der Waals surface area (Å²) < 4.78 is 0. The van der Waals surface area contributed by atoms with Gasteiger partial charge in [0.05, 0.1) is 6.54 Å². The number of pyridine rings is 1. The summed E-state index contributed by atoms with van der Waals surface area (Å²) in [7, 11) is 0. The minimum absolute atomic E-state index is 0.104. The first kappa shape index (κ1) is 14.3. The SMILES string of the molecule is CC(C)(C)C(=O)N(Cc1cccnc1)c1ccccc1. The van der Waals surface area contributed by atoms with Gasteiger partial charge in [0.25, 0.3) is 0 Å². The fourth-order valence-corrected chi connectivity index (χ4v) is 1.97. The van der Waals surface area contributed by atoms with Crippen molar-refractivity contribution < 1.29 is 4.79 Å². The van der Waals surface area contributed by atoms with E-state index in [9.17, 15) is 4.79 Å². The predicted octanol–water partition coefficient (Wildman–Crippen LogP) is 3.66. The summed E-state index contributed by atoms with van der Waals surface area (Å²) in [4.78, 5) is 18.6. The van der Waals surface area contributed by atoms with Crippen molar-refractivity contribution in [3.63, 3.8) is 0 Å². The molecule has 0 N–H and O–H groups in total. The second-order valence-electron chi connectivity index (χ2n) is 5.84. The van der Waals surface area contributed by atoms with Gasteiger partial charge in [0.1, 0.15) is 0 Å². The number of hydrogen-bond acceptors (Lipinski definition) is 2. The number of nitrogens with zero attached hydrogens (tertiary/aromatic N) is 2. The van der Waals surface area contributed by atoms with E-state index in [4.69, 9.17) is 0 Å². The Balaban J connectivity index is 2.33. The highest BCUT2D eigenvalue weighted by Crippen LogP contribution is 2.24. The van der Waals surface area contributed by atoms with Crippen LogP contribution in [0.15, 0.2) is 54.9 Å². The molecule has 20 heavy (non-hydrogen) atoms. The minimum atomic E-state index is -0.419. The third-order valence-electron chi connectivity index (χ3n) is 3.02. The highest BCUT2D eigenvalue weighted by atomic mass is 16.2. The quantitative estimate of drug-likeness (QED) is 0.851. The molecule has 2 aromatic rings. The smallest absolute Gasteiger partial charge is 0.232 e. The van der Waals surface area contributed by atoms with Crippen molar-refractivity contribution >= 4 is 11.6 Å². The molecular formula is C17H20N2O. The molecular weight excluding hydrogens is 248 g/mol. The number of benzene rings is 1. The van der Waals surface area contributed by atoms with Gasteiger partial charge in [0.2, 0.25) is 5.91 Å². The molecule has 0 radical (unpaired) electrons. The van der Waals surface area contributed by atoms with Crippen LogP contribution in [-0.2, 0) is 11.3 Å². The van der Waals surface area contributed by atoms with Crippen molar-refractivity contribution in [3.05, 3.63) is 60.4 Å². The van der Waals surface area contributed by atoms with Gasteiger partial charge in [-0.15, -0.1) is 0 Å². The maximum absolute atomic E-state index is 12.7. The molecule has 1 heterocycles. The molecule has 0 saturated heterocycles. The van der Waals surface area contributed by atoms with E-state index in [1.807, 2.05) is 68.1 Å². The average Bonchev–Trinajstić information content (AvgIpc) is 2.45. The van der Waals surface area contributed by atoms with Gasteiger partial charge in [-0.05, 0) is 23.8 Å². The molecule has 2 rings (SSSR count). The maximum Gasteiger partial charge on any atom is 0.232 e. The normalized spacial score (nSPS) is 11.2. The topological polar surface area (TPSA) is 33.2 Å². The van der Waals surface area contributed by atoms with Crippen molar-refractivity contribution in [1.82, 2.24) is 4.98 Å². The Bertz CT molecular complexity index is 559. The van der Waals surface area contributed by atoms with Crippen LogP contribution in [0.25, 0.3) is 0 Å². The molecule has 0 aliphatic rings. The van der Waals surface area contributed by atoms with Crippen LogP contribution < -0.4 is 4.90 Å². The van der Waals surface area contributed by atoms with Gasteiger partial charge in [0.15, 0.2) is 0 Å². The number of rotatable bonds is 3. The van der Waals surface area contributed by atoms with E-state index in [-0.39, 0.29) is 5.91 Å². The summed E-state index contributed by atoms with van der Waals surface area (Å²) in [5, 5.41) is 0. The molecule has 0 unspecified atom stereocenters. The van der Waals surface area contributed by atoms with Crippen molar-refractivity contribution in [2.75, 3.05) is 4.90 Å². The van der Waals surface area contributed by atoms with Crippen molar-refractivity contribution in [3.8, 4) is 0 Å². The fraction of sp³-hybridized carbons (Fsp3) is 0.294. The number of aromatic nitrogens is 1. The Kier molecular flexibility index (Phi) is 4.18. The Morgan fingerprint density at radius 2 is 1.80 bits per heavy atom. The van der Waals surface area contributed by atoms with Gasteiger partial charge in [-0.25, -0.2) is 0 Å². The zero-order valence-corrected chi connectivity index (χ0v) is 12.2. The van der Waals surface area contributed by atoms with Crippen LogP contribution in [0.2, 0.25) is 0 Å². The molecule has 0 fully saturated rings. The summed E-state index contributed by atoms with van der Waals surface area (Å²) >= 11 is 0. The molecule has 0 saturated carbocycles. The molecule has 1 amide bonds. The van der Waals surface area contributed by atoms with Crippen molar-refractivity contribution in [1.29, 1.82) is 0 Å². The van der Waals surface area contributed by atoms with Gasteiger partial charge in [-0.3, -0.25) is 9.78 Å². The van der Waals surface area contributed by atoms with Crippen LogP contribution in [0.3, 0.4) is 0 Å². The maximum atomic E-state index is 12.7. The number of carbonyl (C=O) groups is 1. The van der Waals surface area contributed by atoms with Crippen LogP contribution in [0, 0.1) is 5.41 Å². The van der Waals surface area contributed by atoms with E-state index in [0.29, 0.717) is 6.54 Å². The molecule has 0 atom stereocenters. The van der Waals surface area contributed by atoms with Gasteiger partial charge in [-0.1, -0.05) is 45.0 Å². The van der Waals surface area contributed by atoms with E-state index in [1.54, 1.807) is 12.4 Å². The second kappa shape index (κ2) is 5.87. The van der Waals surface area contributed by atoms with Crippen LogP contribution in [-0.4, -0.2) is 10.9 Å². The van der Waals surface area contributed by atoms with Gasteiger partial charge in [0, 0.05) is 23.5 Å². The number of anilines is 1. The lowest BCUT2D eigenvalue weighted by Gasteiger charge is -2.29. The minimum Gasteiger partial charge on any atom is -0.307 e. The molecule has 0 bridgehead atoms. The van der Waals surface area contributed by atoms with Gasteiger partial charge >= 0.3 is 0 Å². The highest BCUT2D eigenvalue weighted by Gasteiger charge is 2.28. The number of para-hydroxylation sites is 1. The zero-order chi connectivity index (χ0) is 14.6. The second-order valence-corrected chi connectivity index (χ2v) is 5.84. The summed E-state index contributed by atoms with van der Waals surface area (Å²) in [6.07, 6.45) is 3.54. The van der Waals surface area contributed by atoms with E-state index in [0.717, 1.165) is 11.3 Å². The largest absolute Gasteiger partial charge is 0.307 e. The molecule has 3 nitrogen and oxygen atoms in total. The van der Waals surface area contributed by atoms with Crippen molar-refractivity contribution in [2.24, 2.45) is 5.41 Å². The van der Waals surface area contributed by atoms with Crippen molar-refractivity contribution in [2.45, 2.75) is 27.3 Å². The average molecular weight is 268 g/mol. The third-order valence-corrected chi connectivity index (χ3v) is 3.02. The van der Waals surface area contributed by atoms with Gasteiger partial charge < -0.3 is 4.90 Å². The zero-order valence-electron chi connectivity index (χ0n) is 12.2. The standard InChI is InChI=1S/C17H20N2O/c1-17(2,3)16(20)19(15-9-5-4-6-10-15)13-14-8-7-11-18-12-14/h4-12H,13H2,1-3H3. The molecule has 0 aliphatic heterocycles. The van der Waals surface area contributed by atoms with Crippen LogP contribution >= 0.6 is 0 Å². The lowest BCUT2D eigenvalue weighted by molar-refractivity contribution is -0.125. The lowest BCUT2D eigenvalue weighted by atomic mass is 9.94. The summed E-state index contributed by atoms with van der Waals surface area (Å²) in [5.74, 6) is 0.104. The predicted molar refractivity (Wildman–Crippen MR) is 81.3 cm³/mol. The molecule has 104 valence electrons. The molecule has 0 aliphatic carbocycles. The summed E-state index contributed by atoms with van der Waals surface area (Å²) in [6, 6.07) is 13.6. The third kappa shape index (κ3) is 3.44. The Hall–Kier alpha value is -2.16. The first-order chi connectivity index (χ1) is 9.48. The molecule has 1 aromatic heterocycles. The Morgan fingerprint density at radius 3 is 2.35 bits per heavy atom. The lowest BCUT2D eigenvalue weighted by Crippen LogP contribution is -2.39. The van der Waals surface area contributed by atoms with Crippen LogP contribution in [0.1, 0.15) is 26.3 Å². The number of hydrogen-bond donors (Lipinski definition) is 0. The summed E-state index contributed by atoms with van der Waals surface area (Å²) in [5.41, 5.74) is 1.52. The Labute approximate surface area is 120 Å². The van der Waals surface area contributed by atoms with E-state index >= 15 is 0 Å². The van der Waals surface area contributed by atoms with Crippen LogP contribution in [0.4, 0.5) is 5.69 Å². The first-order valence-corrected chi connectivity index (χ1v) is 6.74. The number of carbonyl (C=O) groups excluding carboxylic acids is 1. The first-order valence-electron chi connectivity index (χ1n) is 6.74. The summed E-state index contributed by atoms with van der Waals surface area (Å²) in [6.45, 7) is 6.35. The molecule has 3 heteroatoms. The molecule has 0 spiro atoms.